The van der Waals surface area contributed by atoms with Gasteiger partial charge >= 0.3 is 0 Å². The highest BCUT2D eigenvalue weighted by atomic mass is 16.7. The van der Waals surface area contributed by atoms with Gasteiger partial charge in [0.25, 0.3) is 0 Å². The van der Waals surface area contributed by atoms with E-state index in [4.69, 9.17) is 24.0 Å². The molecule has 8 nitrogen and oxygen atoms in total. The van der Waals surface area contributed by atoms with Gasteiger partial charge in [-0.3, -0.25) is 0 Å². The average Bonchev–Trinajstić information content (AvgIpc) is 3.57. The molecule has 0 spiro atoms. The lowest BCUT2D eigenvalue weighted by Gasteiger charge is -2.12. The molecule has 1 aliphatic heterocycles. The van der Waals surface area contributed by atoms with Gasteiger partial charge in [-0.2, -0.15) is 5.26 Å². The third-order valence-corrected chi connectivity index (χ3v) is 5.24. The zero-order valence-electron chi connectivity index (χ0n) is 16.2. The summed E-state index contributed by atoms with van der Waals surface area (Å²) in [5.41, 5.74) is 3.23. The number of nitrogens with zero attached hydrogens (tertiary/aromatic N) is 4. The van der Waals surface area contributed by atoms with E-state index in [2.05, 4.69) is 11.4 Å². The maximum atomic E-state index is 10.0. The van der Waals surface area contributed by atoms with Crippen LogP contribution >= 0.6 is 0 Å². The van der Waals surface area contributed by atoms with Gasteiger partial charge < -0.3 is 19.2 Å². The van der Waals surface area contributed by atoms with Gasteiger partial charge in [-0.25, -0.2) is 9.50 Å². The minimum atomic E-state index is 0.200. The highest BCUT2D eigenvalue weighted by Crippen LogP contribution is 2.36. The van der Waals surface area contributed by atoms with Crippen LogP contribution in [-0.4, -0.2) is 21.4 Å². The van der Waals surface area contributed by atoms with Crippen LogP contribution in [0.2, 0.25) is 0 Å². The Hall–Kier alpha value is -4.51. The van der Waals surface area contributed by atoms with Crippen LogP contribution < -0.4 is 14.8 Å². The summed E-state index contributed by atoms with van der Waals surface area (Å²) in [7, 11) is 0. The van der Waals surface area contributed by atoms with Crippen LogP contribution in [0.1, 0.15) is 11.3 Å². The van der Waals surface area contributed by atoms with Gasteiger partial charge in [0.05, 0.1) is 24.0 Å². The van der Waals surface area contributed by atoms with Crippen LogP contribution in [0.5, 0.6) is 11.5 Å². The van der Waals surface area contributed by atoms with E-state index in [1.165, 1.54) is 0 Å². The van der Waals surface area contributed by atoms with Gasteiger partial charge in [0.15, 0.2) is 23.0 Å². The molecule has 0 fully saturated rings. The average molecular weight is 409 g/mol. The highest BCUT2D eigenvalue weighted by molar-refractivity contribution is 5.98. The predicted octanol–water partition coefficient (Wildman–Crippen LogP) is 4.35. The van der Waals surface area contributed by atoms with Gasteiger partial charge in [-0.15, -0.1) is 5.10 Å². The zero-order chi connectivity index (χ0) is 20.8. The van der Waals surface area contributed by atoms with Crippen molar-refractivity contribution in [3.8, 4) is 29.0 Å². The standard InChI is InChI=1S/C23H15N5O3/c24-11-17-21(25-12-15-4-3-9-29-15)16-5-1-2-6-18(16)28-23(17)26-22(27-28)14-7-8-19-20(10-14)31-13-30-19/h1-10,25H,12-13H2. The zero-order valence-corrected chi connectivity index (χ0v) is 16.2. The number of hydrogen-bond acceptors (Lipinski definition) is 7. The van der Waals surface area contributed by atoms with Crippen molar-refractivity contribution in [2.75, 3.05) is 12.1 Å². The normalized spacial score (nSPS) is 12.4. The van der Waals surface area contributed by atoms with Crippen LogP contribution in [-0.2, 0) is 6.54 Å². The third kappa shape index (κ3) is 2.75. The molecule has 3 aromatic heterocycles. The Kier molecular flexibility index (Phi) is 3.80. The molecular formula is C23H15N5O3. The number of fused-ring (bicyclic) bond motifs is 4. The van der Waals surface area contributed by atoms with Crippen molar-refractivity contribution in [3.05, 3.63) is 72.2 Å². The Morgan fingerprint density at radius 1 is 1.06 bits per heavy atom. The van der Waals surface area contributed by atoms with Crippen LogP contribution in [0.15, 0.2) is 65.3 Å². The van der Waals surface area contributed by atoms with E-state index in [0.717, 1.165) is 22.2 Å². The molecule has 0 unspecified atom stereocenters. The Morgan fingerprint density at radius 2 is 1.97 bits per heavy atom. The fourth-order valence-electron chi connectivity index (χ4n) is 3.79. The quantitative estimate of drug-likeness (QED) is 0.471. The Bertz CT molecular complexity index is 1480. The molecule has 0 aliphatic carbocycles. The SMILES string of the molecule is N#Cc1c(NCc2ccco2)c2ccccc2n2nc(-c3ccc4c(c3)OCO4)nc12. The number of para-hydroxylation sites is 1. The summed E-state index contributed by atoms with van der Waals surface area (Å²) in [5, 5.41) is 18.9. The Labute approximate surface area is 176 Å². The van der Waals surface area contributed by atoms with Gasteiger partial charge in [0.1, 0.15) is 17.4 Å². The lowest BCUT2D eigenvalue weighted by atomic mass is 10.1. The number of anilines is 1. The number of rotatable bonds is 4. The summed E-state index contributed by atoms with van der Waals surface area (Å²) in [6.45, 7) is 0.649. The van der Waals surface area contributed by atoms with E-state index in [0.29, 0.717) is 40.8 Å². The number of pyridine rings is 1. The Morgan fingerprint density at radius 3 is 2.84 bits per heavy atom. The molecule has 0 bridgehead atoms. The monoisotopic (exact) mass is 409 g/mol. The maximum Gasteiger partial charge on any atom is 0.231 e. The van der Waals surface area contributed by atoms with E-state index in [1.807, 2.05) is 54.6 Å². The van der Waals surface area contributed by atoms with Crippen molar-refractivity contribution in [2.24, 2.45) is 0 Å². The number of aromatic nitrogens is 3. The fourth-order valence-corrected chi connectivity index (χ4v) is 3.79. The molecule has 5 aromatic rings. The maximum absolute atomic E-state index is 10.0. The van der Waals surface area contributed by atoms with Crippen molar-refractivity contribution >= 4 is 22.2 Å². The summed E-state index contributed by atoms with van der Waals surface area (Å²) >= 11 is 0. The number of nitriles is 1. The number of nitrogens with one attached hydrogen (secondary N) is 1. The summed E-state index contributed by atoms with van der Waals surface area (Å²) < 4.78 is 18.0. The minimum Gasteiger partial charge on any atom is -0.467 e. The van der Waals surface area contributed by atoms with Crippen molar-refractivity contribution in [1.29, 1.82) is 5.26 Å². The van der Waals surface area contributed by atoms with Crippen LogP contribution in [0.4, 0.5) is 5.69 Å². The first kappa shape index (κ1) is 17.4. The van der Waals surface area contributed by atoms with Crippen molar-refractivity contribution in [2.45, 2.75) is 6.54 Å². The van der Waals surface area contributed by atoms with Crippen LogP contribution in [0.3, 0.4) is 0 Å². The van der Waals surface area contributed by atoms with E-state index >= 15 is 0 Å². The van der Waals surface area contributed by atoms with Crippen LogP contribution in [0.25, 0.3) is 27.9 Å². The summed E-state index contributed by atoms with van der Waals surface area (Å²) in [5.74, 6) is 2.63. The molecule has 0 amide bonds. The predicted molar refractivity (Wildman–Crippen MR) is 113 cm³/mol. The highest BCUT2D eigenvalue weighted by Gasteiger charge is 2.20. The van der Waals surface area contributed by atoms with Gasteiger partial charge in [0.2, 0.25) is 6.79 Å². The van der Waals surface area contributed by atoms with Crippen molar-refractivity contribution in [3.63, 3.8) is 0 Å². The number of hydrogen-bond donors (Lipinski definition) is 1. The summed E-state index contributed by atoms with van der Waals surface area (Å²) in [4.78, 5) is 4.70. The lowest BCUT2D eigenvalue weighted by Crippen LogP contribution is -2.05. The second-order valence-electron chi connectivity index (χ2n) is 7.05. The third-order valence-electron chi connectivity index (χ3n) is 5.24. The van der Waals surface area contributed by atoms with Gasteiger partial charge in [-0.1, -0.05) is 18.2 Å². The van der Waals surface area contributed by atoms with E-state index < -0.39 is 0 Å². The Balaban J connectivity index is 1.54. The number of ether oxygens (including phenoxy) is 2. The van der Waals surface area contributed by atoms with E-state index in [1.54, 1.807) is 10.8 Å². The first-order chi connectivity index (χ1) is 15.3. The molecule has 0 saturated carbocycles. The number of benzene rings is 2. The molecular weight excluding hydrogens is 394 g/mol. The molecule has 2 aromatic carbocycles. The molecule has 6 rings (SSSR count). The molecule has 0 atom stereocenters. The number of furan rings is 1. The fraction of sp³-hybridized carbons (Fsp3) is 0.0870. The van der Waals surface area contributed by atoms with E-state index in [-0.39, 0.29) is 6.79 Å². The molecule has 0 saturated heterocycles. The summed E-state index contributed by atoms with van der Waals surface area (Å²) in [6.07, 6.45) is 1.62. The second kappa shape index (κ2) is 6.78. The topological polar surface area (TPSA) is 97.6 Å². The van der Waals surface area contributed by atoms with Gasteiger partial charge in [-0.05, 0) is 36.4 Å². The molecule has 0 radical (unpaired) electrons. The van der Waals surface area contributed by atoms with Gasteiger partial charge in [0, 0.05) is 10.9 Å². The largest absolute Gasteiger partial charge is 0.467 e. The molecule has 8 heteroatoms. The first-order valence-electron chi connectivity index (χ1n) is 9.69. The molecule has 4 heterocycles. The second-order valence-corrected chi connectivity index (χ2v) is 7.05. The van der Waals surface area contributed by atoms with E-state index in [9.17, 15) is 5.26 Å². The molecule has 1 aliphatic rings. The lowest BCUT2D eigenvalue weighted by molar-refractivity contribution is 0.174. The first-order valence-corrected chi connectivity index (χ1v) is 9.69. The molecule has 1 N–H and O–H groups in total. The summed E-state index contributed by atoms with van der Waals surface area (Å²) in [6, 6.07) is 19.4. The molecule has 31 heavy (non-hydrogen) atoms. The molecule has 150 valence electrons. The van der Waals surface area contributed by atoms with Crippen molar-refractivity contribution < 1.29 is 13.9 Å². The van der Waals surface area contributed by atoms with Crippen LogP contribution in [0, 0.1) is 11.3 Å². The van der Waals surface area contributed by atoms with Crippen molar-refractivity contribution in [1.82, 2.24) is 14.6 Å². The minimum absolute atomic E-state index is 0.200. The smallest absolute Gasteiger partial charge is 0.231 e.